The number of aliphatic hydroxyl groups is 2. The van der Waals surface area contributed by atoms with Crippen LogP contribution in [-0.2, 0) is 6.54 Å². The zero-order chi connectivity index (χ0) is 13.7. The molecule has 0 amide bonds. The molecule has 1 aliphatic rings. The third kappa shape index (κ3) is 4.36. The van der Waals surface area contributed by atoms with Crippen LogP contribution in [0.4, 0.5) is 0 Å². The van der Waals surface area contributed by atoms with E-state index in [9.17, 15) is 5.11 Å². The van der Waals surface area contributed by atoms with Crippen molar-refractivity contribution in [3.05, 3.63) is 35.4 Å². The maximum atomic E-state index is 9.93. The van der Waals surface area contributed by atoms with Crippen LogP contribution in [0.2, 0.25) is 0 Å². The number of aliphatic hydroxyl groups excluding tert-OH is 1. The highest BCUT2D eigenvalue weighted by molar-refractivity contribution is 5.37. The van der Waals surface area contributed by atoms with Crippen LogP contribution in [-0.4, -0.2) is 40.4 Å². The quantitative estimate of drug-likeness (QED) is 0.789. The van der Waals surface area contributed by atoms with Gasteiger partial charge in [-0.2, -0.15) is 0 Å². The van der Waals surface area contributed by atoms with Crippen LogP contribution in [0.1, 0.15) is 30.9 Å². The number of rotatable bonds is 2. The summed E-state index contributed by atoms with van der Waals surface area (Å²) >= 11 is 0. The molecule has 1 aromatic carbocycles. The molecule has 0 aromatic heterocycles. The Kier molecular flexibility index (Phi) is 4.60. The highest BCUT2D eigenvalue weighted by atomic mass is 16.3. The van der Waals surface area contributed by atoms with Crippen molar-refractivity contribution in [1.82, 2.24) is 4.90 Å². The van der Waals surface area contributed by atoms with E-state index in [0.29, 0.717) is 0 Å². The fourth-order valence-corrected chi connectivity index (χ4v) is 2.34. The summed E-state index contributed by atoms with van der Waals surface area (Å²) in [7, 11) is 0. The predicted molar refractivity (Wildman–Crippen MR) is 75.5 cm³/mol. The number of piperidine rings is 1. The molecule has 3 nitrogen and oxygen atoms in total. The lowest BCUT2D eigenvalue weighted by Gasteiger charge is -2.35. The second-order valence-electron chi connectivity index (χ2n) is 5.43. The Hall–Kier alpha value is -1.34. The lowest BCUT2D eigenvalue weighted by molar-refractivity contribution is -0.00730. The summed E-state index contributed by atoms with van der Waals surface area (Å²) in [6, 6.07) is 8.11. The average Bonchev–Trinajstić information content (AvgIpc) is 2.39. The van der Waals surface area contributed by atoms with Crippen molar-refractivity contribution in [3.63, 3.8) is 0 Å². The van der Waals surface area contributed by atoms with Gasteiger partial charge in [-0.1, -0.05) is 24.0 Å². The van der Waals surface area contributed by atoms with E-state index in [-0.39, 0.29) is 6.61 Å². The average molecular weight is 259 g/mol. The molecular formula is C16H21NO2. The van der Waals surface area contributed by atoms with E-state index in [0.717, 1.165) is 38.0 Å². The Morgan fingerprint density at radius 1 is 1.32 bits per heavy atom. The molecule has 0 unspecified atom stereocenters. The Bertz CT molecular complexity index is 475. The van der Waals surface area contributed by atoms with Crippen molar-refractivity contribution >= 4 is 0 Å². The first-order chi connectivity index (χ1) is 9.09. The molecule has 1 aromatic rings. The van der Waals surface area contributed by atoms with Gasteiger partial charge in [0.25, 0.3) is 0 Å². The number of benzene rings is 1. The van der Waals surface area contributed by atoms with E-state index >= 15 is 0 Å². The first-order valence-electron chi connectivity index (χ1n) is 6.72. The predicted octanol–water partition coefficient (Wildman–Crippen LogP) is 1.38. The maximum Gasteiger partial charge on any atom is 0.104 e. The molecule has 3 heteroatoms. The smallest absolute Gasteiger partial charge is 0.104 e. The highest BCUT2D eigenvalue weighted by Crippen LogP contribution is 2.22. The summed E-state index contributed by atoms with van der Waals surface area (Å²) in [6.07, 6.45) is 1.66. The maximum absolute atomic E-state index is 9.93. The first-order valence-corrected chi connectivity index (χ1v) is 6.72. The molecule has 0 radical (unpaired) electrons. The molecule has 19 heavy (non-hydrogen) atoms. The molecule has 0 bridgehead atoms. The van der Waals surface area contributed by atoms with Crippen LogP contribution in [0, 0.1) is 11.8 Å². The van der Waals surface area contributed by atoms with Crippen LogP contribution in [0.25, 0.3) is 0 Å². The van der Waals surface area contributed by atoms with Gasteiger partial charge in [0.15, 0.2) is 0 Å². The third-order valence-corrected chi connectivity index (χ3v) is 3.58. The Labute approximate surface area is 114 Å². The van der Waals surface area contributed by atoms with Crippen LogP contribution < -0.4 is 0 Å². The van der Waals surface area contributed by atoms with Crippen LogP contribution in [0.3, 0.4) is 0 Å². The number of likely N-dealkylation sites (tertiary alicyclic amines) is 1. The summed E-state index contributed by atoms with van der Waals surface area (Å²) in [5, 5.41) is 18.6. The number of nitrogens with zero attached hydrogens (tertiary/aromatic N) is 1. The van der Waals surface area contributed by atoms with Crippen LogP contribution in [0.5, 0.6) is 0 Å². The van der Waals surface area contributed by atoms with E-state index in [2.05, 4.69) is 28.9 Å². The van der Waals surface area contributed by atoms with Crippen molar-refractivity contribution in [2.45, 2.75) is 31.9 Å². The van der Waals surface area contributed by atoms with E-state index in [1.165, 1.54) is 5.56 Å². The number of hydrogen-bond acceptors (Lipinski definition) is 3. The standard InChI is InChI=1S/C16H21NO2/c1-16(19)7-9-17(10-8-16)13-15-5-2-4-14(12-15)6-3-11-18/h2,4-5,12,18-19H,7-11,13H2,1H3. The van der Waals surface area contributed by atoms with Gasteiger partial charge in [-0.15, -0.1) is 0 Å². The molecule has 0 atom stereocenters. The van der Waals surface area contributed by atoms with Gasteiger partial charge in [0.2, 0.25) is 0 Å². The molecular weight excluding hydrogens is 238 g/mol. The molecule has 1 heterocycles. The Morgan fingerprint density at radius 3 is 2.74 bits per heavy atom. The van der Waals surface area contributed by atoms with Crippen molar-refractivity contribution in [2.75, 3.05) is 19.7 Å². The van der Waals surface area contributed by atoms with Crippen LogP contribution in [0.15, 0.2) is 24.3 Å². The summed E-state index contributed by atoms with van der Waals surface area (Å²) in [6.45, 7) is 4.56. The minimum atomic E-state index is -0.495. The third-order valence-electron chi connectivity index (χ3n) is 3.58. The lowest BCUT2D eigenvalue weighted by atomic mass is 9.93. The second-order valence-corrected chi connectivity index (χ2v) is 5.43. The molecule has 102 valence electrons. The summed E-state index contributed by atoms with van der Waals surface area (Å²) < 4.78 is 0. The van der Waals surface area contributed by atoms with E-state index in [1.54, 1.807) is 0 Å². The zero-order valence-corrected chi connectivity index (χ0v) is 11.4. The minimum absolute atomic E-state index is 0.106. The molecule has 0 aliphatic carbocycles. The Morgan fingerprint density at radius 2 is 2.05 bits per heavy atom. The molecule has 1 aliphatic heterocycles. The van der Waals surface area contributed by atoms with Crippen molar-refractivity contribution < 1.29 is 10.2 Å². The van der Waals surface area contributed by atoms with Crippen molar-refractivity contribution in [2.24, 2.45) is 0 Å². The summed E-state index contributed by atoms with van der Waals surface area (Å²) in [4.78, 5) is 2.36. The first kappa shape index (κ1) is 14.1. The fourth-order valence-electron chi connectivity index (χ4n) is 2.34. The molecule has 1 fully saturated rings. The second kappa shape index (κ2) is 6.21. The van der Waals surface area contributed by atoms with Crippen molar-refractivity contribution in [1.29, 1.82) is 0 Å². The van der Waals surface area contributed by atoms with Crippen molar-refractivity contribution in [3.8, 4) is 11.8 Å². The topological polar surface area (TPSA) is 43.7 Å². The van der Waals surface area contributed by atoms with Gasteiger partial charge >= 0.3 is 0 Å². The van der Waals surface area contributed by atoms with E-state index in [1.807, 2.05) is 19.1 Å². The van der Waals surface area contributed by atoms with Gasteiger partial charge in [-0.25, -0.2) is 0 Å². The van der Waals surface area contributed by atoms with Gasteiger partial charge in [0.1, 0.15) is 6.61 Å². The monoisotopic (exact) mass is 259 g/mol. The van der Waals surface area contributed by atoms with Crippen LogP contribution >= 0.6 is 0 Å². The largest absolute Gasteiger partial charge is 0.390 e. The normalized spacial score (nSPS) is 18.7. The Balaban J connectivity index is 1.96. The summed E-state index contributed by atoms with van der Waals surface area (Å²) in [5.41, 5.74) is 1.67. The SMILES string of the molecule is CC1(O)CCN(Cc2cccc(C#CCO)c2)CC1. The van der Waals surface area contributed by atoms with E-state index in [4.69, 9.17) is 5.11 Å². The van der Waals surface area contributed by atoms with Gasteiger partial charge < -0.3 is 10.2 Å². The highest BCUT2D eigenvalue weighted by Gasteiger charge is 2.26. The molecule has 2 N–H and O–H groups in total. The van der Waals surface area contributed by atoms with Gasteiger partial charge in [-0.3, -0.25) is 4.90 Å². The molecule has 2 rings (SSSR count). The van der Waals surface area contributed by atoms with Gasteiger partial charge in [0.05, 0.1) is 5.60 Å². The fraction of sp³-hybridized carbons (Fsp3) is 0.500. The lowest BCUT2D eigenvalue weighted by Crippen LogP contribution is -2.41. The minimum Gasteiger partial charge on any atom is -0.390 e. The number of hydrogen-bond donors (Lipinski definition) is 2. The zero-order valence-electron chi connectivity index (χ0n) is 11.4. The molecule has 0 spiro atoms. The van der Waals surface area contributed by atoms with Gasteiger partial charge in [-0.05, 0) is 37.5 Å². The van der Waals surface area contributed by atoms with E-state index < -0.39 is 5.60 Å². The molecule has 1 saturated heterocycles. The molecule has 0 saturated carbocycles. The summed E-state index contributed by atoms with van der Waals surface area (Å²) in [5.74, 6) is 5.59. The van der Waals surface area contributed by atoms with Gasteiger partial charge in [0, 0.05) is 25.2 Å².